The van der Waals surface area contributed by atoms with Gasteiger partial charge in [-0.3, -0.25) is 10.3 Å². The van der Waals surface area contributed by atoms with Crippen molar-refractivity contribution in [2.45, 2.75) is 45.1 Å². The van der Waals surface area contributed by atoms with E-state index in [1.54, 1.807) is 0 Å². The molecule has 4 nitrogen and oxygen atoms in total. The van der Waals surface area contributed by atoms with E-state index in [0.29, 0.717) is 0 Å². The lowest BCUT2D eigenvalue weighted by Crippen LogP contribution is -2.63. The molecule has 3 N–H and O–H groups in total. The summed E-state index contributed by atoms with van der Waals surface area (Å²) in [6.45, 7) is 6.82. The number of nitrogens with zero attached hydrogens (tertiary/aromatic N) is 1. The summed E-state index contributed by atoms with van der Waals surface area (Å²) >= 11 is 0. The maximum Gasteiger partial charge on any atom is 0.183 e. The molecule has 0 aromatic rings. The van der Waals surface area contributed by atoms with Crippen molar-refractivity contribution >= 4 is 5.71 Å². The van der Waals surface area contributed by atoms with E-state index in [-0.39, 0.29) is 17.9 Å². The Morgan fingerprint density at radius 1 is 1.53 bits per heavy atom. The summed E-state index contributed by atoms with van der Waals surface area (Å²) in [5.74, 6) is 0.505. The van der Waals surface area contributed by atoms with Gasteiger partial charge in [0.2, 0.25) is 0 Å². The van der Waals surface area contributed by atoms with Crippen LogP contribution >= 0.6 is 0 Å². The first-order chi connectivity index (χ1) is 6.97. The number of aliphatic imine (C=N–C) groups is 1. The summed E-state index contributed by atoms with van der Waals surface area (Å²) < 4.78 is 0. The molecule has 4 heteroatoms. The second-order valence-electron chi connectivity index (χ2n) is 5.08. The summed E-state index contributed by atoms with van der Waals surface area (Å²) in [5.41, 5.74) is -0.535. The molecular formula is C11H20N2O2. The van der Waals surface area contributed by atoms with Crippen molar-refractivity contribution in [3.63, 3.8) is 0 Å². The highest BCUT2D eigenvalue weighted by atomic mass is 16.4. The van der Waals surface area contributed by atoms with E-state index in [0.717, 1.165) is 18.7 Å². The topological polar surface area (TPSA) is 64.8 Å². The predicted molar refractivity (Wildman–Crippen MR) is 58.8 cm³/mol. The first-order valence-corrected chi connectivity index (χ1v) is 5.70. The van der Waals surface area contributed by atoms with E-state index >= 15 is 0 Å². The van der Waals surface area contributed by atoms with E-state index < -0.39 is 11.8 Å². The molecule has 0 aliphatic carbocycles. The van der Waals surface area contributed by atoms with Gasteiger partial charge in [0.05, 0.1) is 11.8 Å². The van der Waals surface area contributed by atoms with Gasteiger partial charge >= 0.3 is 0 Å². The highest BCUT2D eigenvalue weighted by Crippen LogP contribution is 2.34. The van der Waals surface area contributed by atoms with Gasteiger partial charge in [0, 0.05) is 0 Å². The third-order valence-corrected chi connectivity index (χ3v) is 3.55. The van der Waals surface area contributed by atoms with Gasteiger partial charge in [-0.25, -0.2) is 0 Å². The van der Waals surface area contributed by atoms with Crippen LogP contribution < -0.4 is 5.32 Å². The van der Waals surface area contributed by atoms with Crippen LogP contribution in [0.25, 0.3) is 0 Å². The Kier molecular flexibility index (Phi) is 2.61. The highest BCUT2D eigenvalue weighted by molar-refractivity contribution is 5.97. The normalized spacial score (nSPS) is 45.5. The number of aliphatic hydroxyl groups is 2. The van der Waals surface area contributed by atoms with Gasteiger partial charge in [0.25, 0.3) is 0 Å². The molecule has 0 amide bonds. The van der Waals surface area contributed by atoms with Crippen molar-refractivity contribution in [1.29, 1.82) is 0 Å². The van der Waals surface area contributed by atoms with Gasteiger partial charge < -0.3 is 10.2 Å². The fraction of sp³-hybridized carbons (Fsp3) is 0.909. The Labute approximate surface area is 90.4 Å². The lowest BCUT2D eigenvalue weighted by molar-refractivity contribution is -0.0586. The molecule has 0 spiro atoms. The molecule has 4 atom stereocenters. The number of fused-ring (bicyclic) bond motifs is 1. The fourth-order valence-electron chi connectivity index (χ4n) is 2.56. The van der Waals surface area contributed by atoms with Crippen LogP contribution in [0.5, 0.6) is 0 Å². The Morgan fingerprint density at radius 3 is 2.73 bits per heavy atom. The molecule has 0 bridgehead atoms. The summed E-state index contributed by atoms with van der Waals surface area (Å²) in [6.07, 6.45) is 0.161. The first-order valence-electron chi connectivity index (χ1n) is 5.70. The van der Waals surface area contributed by atoms with Gasteiger partial charge in [-0.2, -0.15) is 0 Å². The Hall–Kier alpha value is -0.450. The standard InChI is InChI=1S/C11H20N2O2/c1-6(2)8-10(14)11(15)9(13-8)7(3)4-5-12-11/h6-8,10,12,14-15H,4-5H2,1-3H3. The summed E-state index contributed by atoms with van der Waals surface area (Å²) in [6, 6.07) is -0.182. The molecule has 0 aromatic heterocycles. The zero-order valence-electron chi connectivity index (χ0n) is 9.57. The molecular weight excluding hydrogens is 192 g/mol. The van der Waals surface area contributed by atoms with Crippen LogP contribution in [-0.2, 0) is 0 Å². The van der Waals surface area contributed by atoms with Crippen molar-refractivity contribution in [3.8, 4) is 0 Å². The molecule has 2 heterocycles. The molecule has 4 unspecified atom stereocenters. The molecule has 0 aromatic carbocycles. The molecule has 0 saturated carbocycles. The van der Waals surface area contributed by atoms with Crippen LogP contribution in [0.3, 0.4) is 0 Å². The predicted octanol–water partition coefficient (Wildman–Crippen LogP) is 0.144. The largest absolute Gasteiger partial charge is 0.386 e. The van der Waals surface area contributed by atoms with Crippen LogP contribution in [0.15, 0.2) is 4.99 Å². The second kappa shape index (κ2) is 3.54. The molecule has 2 aliphatic heterocycles. The average Bonchev–Trinajstić information content (AvgIpc) is 2.41. The molecule has 2 aliphatic rings. The summed E-state index contributed by atoms with van der Waals surface area (Å²) in [5, 5.41) is 23.5. The van der Waals surface area contributed by atoms with Crippen LogP contribution in [0.1, 0.15) is 27.2 Å². The van der Waals surface area contributed by atoms with Crippen molar-refractivity contribution in [2.24, 2.45) is 16.8 Å². The first kappa shape index (κ1) is 11.0. The number of nitrogens with one attached hydrogen (secondary N) is 1. The Bertz CT molecular complexity index is 290. The Morgan fingerprint density at radius 2 is 2.20 bits per heavy atom. The SMILES string of the molecule is CC1CCNC2(O)C1=NC(C(C)C)C2O. The van der Waals surface area contributed by atoms with Crippen molar-refractivity contribution < 1.29 is 10.2 Å². The zero-order chi connectivity index (χ0) is 11.2. The summed E-state index contributed by atoms with van der Waals surface area (Å²) in [4.78, 5) is 4.50. The third-order valence-electron chi connectivity index (χ3n) is 3.55. The van der Waals surface area contributed by atoms with Crippen LogP contribution in [-0.4, -0.2) is 40.3 Å². The lowest BCUT2D eigenvalue weighted by atomic mass is 9.85. The van der Waals surface area contributed by atoms with Crippen LogP contribution in [0, 0.1) is 11.8 Å². The zero-order valence-corrected chi connectivity index (χ0v) is 9.57. The van der Waals surface area contributed by atoms with Crippen molar-refractivity contribution in [1.82, 2.24) is 5.32 Å². The lowest BCUT2D eigenvalue weighted by Gasteiger charge is -2.37. The van der Waals surface area contributed by atoms with Crippen LogP contribution in [0.4, 0.5) is 0 Å². The van der Waals surface area contributed by atoms with Crippen molar-refractivity contribution in [2.75, 3.05) is 6.54 Å². The monoisotopic (exact) mass is 212 g/mol. The van der Waals surface area contributed by atoms with Gasteiger partial charge in [0.1, 0.15) is 6.10 Å². The van der Waals surface area contributed by atoms with E-state index in [9.17, 15) is 10.2 Å². The van der Waals surface area contributed by atoms with Gasteiger partial charge in [-0.15, -0.1) is 0 Å². The van der Waals surface area contributed by atoms with E-state index in [2.05, 4.69) is 17.2 Å². The average molecular weight is 212 g/mol. The van der Waals surface area contributed by atoms with Gasteiger partial charge in [0.15, 0.2) is 5.72 Å². The number of hydrogen-bond acceptors (Lipinski definition) is 4. The highest BCUT2D eigenvalue weighted by Gasteiger charge is 2.53. The number of aliphatic hydroxyl groups excluding tert-OH is 1. The third kappa shape index (κ3) is 1.51. The van der Waals surface area contributed by atoms with E-state index in [4.69, 9.17) is 0 Å². The quantitative estimate of drug-likeness (QED) is 0.579. The molecule has 2 rings (SSSR count). The van der Waals surface area contributed by atoms with Gasteiger partial charge in [-0.05, 0) is 24.8 Å². The molecule has 15 heavy (non-hydrogen) atoms. The molecule has 86 valence electrons. The molecule has 1 saturated heterocycles. The molecule has 0 radical (unpaired) electrons. The Balaban J connectivity index is 2.33. The van der Waals surface area contributed by atoms with Crippen molar-refractivity contribution in [3.05, 3.63) is 0 Å². The van der Waals surface area contributed by atoms with Crippen LogP contribution in [0.2, 0.25) is 0 Å². The number of hydrogen-bond donors (Lipinski definition) is 3. The fourth-order valence-corrected chi connectivity index (χ4v) is 2.56. The summed E-state index contributed by atoms with van der Waals surface area (Å²) in [7, 11) is 0. The number of rotatable bonds is 1. The number of piperidine rings is 1. The van der Waals surface area contributed by atoms with E-state index in [1.165, 1.54) is 0 Å². The minimum atomic E-state index is -1.27. The second-order valence-corrected chi connectivity index (χ2v) is 5.08. The van der Waals surface area contributed by atoms with Gasteiger partial charge in [-0.1, -0.05) is 20.8 Å². The maximum absolute atomic E-state index is 10.4. The maximum atomic E-state index is 10.4. The minimum Gasteiger partial charge on any atom is -0.386 e. The molecule has 1 fully saturated rings. The smallest absolute Gasteiger partial charge is 0.183 e. The minimum absolute atomic E-state index is 0.182. The van der Waals surface area contributed by atoms with E-state index in [1.807, 2.05) is 13.8 Å².